The normalized spacial score (nSPS) is 17.2. The number of aryl methyl sites for hydroxylation is 2. The van der Waals surface area contributed by atoms with Crippen molar-refractivity contribution in [1.29, 1.82) is 0 Å². The number of hydrogen-bond acceptors (Lipinski definition) is 4. The second-order valence-corrected chi connectivity index (χ2v) is 5.36. The summed E-state index contributed by atoms with van der Waals surface area (Å²) in [6.07, 6.45) is 10.1. The van der Waals surface area contributed by atoms with Crippen molar-refractivity contribution in [1.82, 2.24) is 9.97 Å². The summed E-state index contributed by atoms with van der Waals surface area (Å²) in [6.45, 7) is 5.48. The molecule has 0 bridgehead atoms. The first-order chi connectivity index (χ1) is 9.25. The van der Waals surface area contributed by atoms with Crippen LogP contribution in [0, 0.1) is 13.8 Å². The Morgan fingerprint density at radius 2 is 1.95 bits per heavy atom. The molecule has 1 N–H and O–H groups in total. The zero-order valence-electron chi connectivity index (χ0n) is 12.1. The van der Waals surface area contributed by atoms with E-state index in [0.29, 0.717) is 6.10 Å². The maximum absolute atomic E-state index is 5.94. The average molecular weight is 263 g/mol. The van der Waals surface area contributed by atoms with Gasteiger partial charge >= 0.3 is 0 Å². The molecule has 0 radical (unpaired) electrons. The zero-order valence-corrected chi connectivity index (χ0v) is 12.1. The Morgan fingerprint density at radius 1 is 1.21 bits per heavy atom. The van der Waals surface area contributed by atoms with Crippen molar-refractivity contribution in [2.24, 2.45) is 0 Å². The molecule has 1 aliphatic rings. The number of ether oxygens (including phenoxy) is 1. The highest BCUT2D eigenvalue weighted by molar-refractivity contribution is 5.39. The second kappa shape index (κ2) is 7.43. The van der Waals surface area contributed by atoms with Crippen LogP contribution >= 0.6 is 0 Å². The first-order valence-electron chi connectivity index (χ1n) is 7.41. The van der Waals surface area contributed by atoms with Gasteiger partial charge in [-0.15, -0.1) is 0 Å². The summed E-state index contributed by atoms with van der Waals surface area (Å²) in [6, 6.07) is 0. The van der Waals surface area contributed by atoms with Gasteiger partial charge in [-0.3, -0.25) is 4.98 Å². The number of nitrogens with zero attached hydrogens (tertiary/aromatic N) is 2. The van der Waals surface area contributed by atoms with E-state index in [1.54, 1.807) is 6.20 Å². The molecule has 0 amide bonds. The number of hydrogen-bond donors (Lipinski definition) is 1. The average Bonchev–Trinajstić information content (AvgIpc) is 2.67. The van der Waals surface area contributed by atoms with Crippen LogP contribution in [0.1, 0.15) is 49.9 Å². The molecule has 1 heterocycles. The molecule has 0 unspecified atom stereocenters. The fourth-order valence-electron chi connectivity index (χ4n) is 2.51. The zero-order chi connectivity index (χ0) is 13.5. The van der Waals surface area contributed by atoms with Crippen molar-refractivity contribution in [3.8, 4) is 0 Å². The van der Waals surface area contributed by atoms with Gasteiger partial charge in [0.1, 0.15) is 5.82 Å². The highest BCUT2D eigenvalue weighted by Crippen LogP contribution is 2.19. The molecule has 0 saturated heterocycles. The number of anilines is 1. The van der Waals surface area contributed by atoms with Crippen molar-refractivity contribution in [3.63, 3.8) is 0 Å². The summed E-state index contributed by atoms with van der Waals surface area (Å²) in [5, 5.41) is 3.31. The third-order valence-corrected chi connectivity index (χ3v) is 3.63. The Kier molecular flexibility index (Phi) is 5.58. The van der Waals surface area contributed by atoms with Gasteiger partial charge in [-0.2, -0.15) is 0 Å². The topological polar surface area (TPSA) is 47.0 Å². The lowest BCUT2D eigenvalue weighted by Crippen LogP contribution is -2.18. The van der Waals surface area contributed by atoms with E-state index in [1.165, 1.54) is 38.5 Å². The van der Waals surface area contributed by atoms with Crippen LogP contribution in [0.4, 0.5) is 5.82 Å². The van der Waals surface area contributed by atoms with Crippen LogP contribution in [0.3, 0.4) is 0 Å². The second-order valence-electron chi connectivity index (χ2n) is 5.36. The largest absolute Gasteiger partial charge is 0.376 e. The number of aromatic nitrogens is 2. The van der Waals surface area contributed by atoms with Gasteiger partial charge in [-0.25, -0.2) is 4.98 Å². The van der Waals surface area contributed by atoms with E-state index in [9.17, 15) is 0 Å². The van der Waals surface area contributed by atoms with Gasteiger partial charge in [0, 0.05) is 12.7 Å². The summed E-state index contributed by atoms with van der Waals surface area (Å²) in [5.74, 6) is 0.879. The molecular weight excluding hydrogens is 238 g/mol. The summed E-state index contributed by atoms with van der Waals surface area (Å²) >= 11 is 0. The van der Waals surface area contributed by atoms with E-state index in [2.05, 4.69) is 15.3 Å². The summed E-state index contributed by atoms with van der Waals surface area (Å²) in [7, 11) is 0. The number of rotatable bonds is 5. The molecule has 1 aromatic rings. The van der Waals surface area contributed by atoms with Crippen molar-refractivity contribution < 1.29 is 4.74 Å². The van der Waals surface area contributed by atoms with E-state index >= 15 is 0 Å². The Hall–Kier alpha value is -1.16. The minimum Gasteiger partial charge on any atom is -0.376 e. The van der Waals surface area contributed by atoms with Crippen molar-refractivity contribution in [2.75, 3.05) is 18.5 Å². The third kappa shape index (κ3) is 4.78. The molecule has 1 fully saturated rings. The molecule has 0 atom stereocenters. The quantitative estimate of drug-likeness (QED) is 0.654. The molecule has 0 aliphatic heterocycles. The molecule has 1 saturated carbocycles. The van der Waals surface area contributed by atoms with Crippen LogP contribution in [-0.4, -0.2) is 29.2 Å². The Morgan fingerprint density at radius 3 is 2.68 bits per heavy atom. The molecule has 1 aliphatic carbocycles. The summed E-state index contributed by atoms with van der Waals surface area (Å²) in [5.41, 5.74) is 1.89. The van der Waals surface area contributed by atoms with Crippen molar-refractivity contribution >= 4 is 5.82 Å². The molecule has 1 aromatic heterocycles. The van der Waals surface area contributed by atoms with E-state index in [4.69, 9.17) is 4.74 Å². The van der Waals surface area contributed by atoms with E-state index in [1.807, 2.05) is 13.8 Å². The van der Waals surface area contributed by atoms with Crippen LogP contribution in [0.2, 0.25) is 0 Å². The molecule has 4 nitrogen and oxygen atoms in total. The predicted molar refractivity (Wildman–Crippen MR) is 77.4 cm³/mol. The van der Waals surface area contributed by atoms with Gasteiger partial charge in [-0.1, -0.05) is 25.7 Å². The van der Waals surface area contributed by atoms with Gasteiger partial charge in [0.05, 0.1) is 24.1 Å². The van der Waals surface area contributed by atoms with E-state index < -0.39 is 0 Å². The van der Waals surface area contributed by atoms with Crippen molar-refractivity contribution in [2.45, 2.75) is 58.5 Å². The molecule has 106 valence electrons. The highest BCUT2D eigenvalue weighted by atomic mass is 16.5. The molecular formula is C15H25N3O. The van der Waals surface area contributed by atoms with Crippen LogP contribution in [0.15, 0.2) is 6.20 Å². The fraction of sp³-hybridized carbons (Fsp3) is 0.733. The Labute approximate surface area is 116 Å². The van der Waals surface area contributed by atoms with Crippen LogP contribution in [0.25, 0.3) is 0 Å². The minimum atomic E-state index is 0.467. The molecule has 19 heavy (non-hydrogen) atoms. The molecule has 4 heteroatoms. The Bertz CT molecular complexity index is 387. The SMILES string of the molecule is Cc1cnc(C)c(NCCOC2CCCCCC2)n1. The highest BCUT2D eigenvalue weighted by Gasteiger charge is 2.12. The molecule has 0 aromatic carbocycles. The lowest BCUT2D eigenvalue weighted by molar-refractivity contribution is 0.0501. The van der Waals surface area contributed by atoms with Crippen molar-refractivity contribution in [3.05, 3.63) is 17.6 Å². The smallest absolute Gasteiger partial charge is 0.147 e. The van der Waals surface area contributed by atoms with E-state index in [-0.39, 0.29) is 0 Å². The number of nitrogens with one attached hydrogen (secondary N) is 1. The fourth-order valence-corrected chi connectivity index (χ4v) is 2.51. The van der Waals surface area contributed by atoms with Gasteiger partial charge in [0.15, 0.2) is 0 Å². The monoisotopic (exact) mass is 263 g/mol. The van der Waals surface area contributed by atoms with Gasteiger partial charge in [0.2, 0.25) is 0 Å². The van der Waals surface area contributed by atoms with Gasteiger partial charge in [0.25, 0.3) is 0 Å². The molecule has 2 rings (SSSR count). The van der Waals surface area contributed by atoms with Gasteiger partial charge in [-0.05, 0) is 26.7 Å². The minimum absolute atomic E-state index is 0.467. The van der Waals surface area contributed by atoms with E-state index in [0.717, 1.165) is 30.4 Å². The maximum atomic E-state index is 5.94. The lowest BCUT2D eigenvalue weighted by Gasteiger charge is -2.16. The first kappa shape index (κ1) is 14.3. The van der Waals surface area contributed by atoms with Crippen LogP contribution < -0.4 is 5.32 Å². The lowest BCUT2D eigenvalue weighted by atomic mass is 10.1. The standard InChI is InChI=1S/C15H25N3O/c1-12-11-17-13(2)15(18-12)16-9-10-19-14-7-5-3-4-6-8-14/h11,14H,3-10H2,1-2H3,(H,16,18). The van der Waals surface area contributed by atoms with Crippen LogP contribution in [-0.2, 0) is 4.74 Å². The van der Waals surface area contributed by atoms with Gasteiger partial charge < -0.3 is 10.1 Å². The Balaban J connectivity index is 1.69. The maximum Gasteiger partial charge on any atom is 0.147 e. The predicted octanol–water partition coefficient (Wildman–Crippen LogP) is 3.24. The first-order valence-corrected chi connectivity index (χ1v) is 7.41. The third-order valence-electron chi connectivity index (χ3n) is 3.63. The molecule has 0 spiro atoms. The summed E-state index contributed by atoms with van der Waals surface area (Å²) < 4.78 is 5.94. The van der Waals surface area contributed by atoms with Crippen LogP contribution in [0.5, 0.6) is 0 Å². The summed E-state index contributed by atoms with van der Waals surface area (Å²) in [4.78, 5) is 8.74.